The zero-order valence-corrected chi connectivity index (χ0v) is 14.3. The van der Waals surface area contributed by atoms with Gasteiger partial charge in [-0.25, -0.2) is 9.97 Å². The van der Waals surface area contributed by atoms with Crippen molar-refractivity contribution in [2.75, 3.05) is 25.1 Å². The highest BCUT2D eigenvalue weighted by molar-refractivity contribution is 7.99. The van der Waals surface area contributed by atoms with Crippen molar-refractivity contribution in [3.8, 4) is 0 Å². The standard InChI is InChI=1S/C17H20N4O2S/c1-12-9-14(24-17-19-5-2-6-20-17)3-4-15(12)21-16(22)10-13-11-23-8-7-18-13/h2-6,9,13,18H,7-8,10-11H2,1H3,(H,21,22). The van der Waals surface area contributed by atoms with Crippen LogP contribution in [0.15, 0.2) is 46.7 Å². The van der Waals surface area contributed by atoms with Gasteiger partial charge in [0.15, 0.2) is 5.16 Å². The second kappa shape index (κ2) is 8.23. The minimum Gasteiger partial charge on any atom is -0.378 e. The number of carbonyl (C=O) groups excluding carboxylic acids is 1. The molecule has 0 saturated carbocycles. The molecule has 3 rings (SSSR count). The Labute approximate surface area is 145 Å². The summed E-state index contributed by atoms with van der Waals surface area (Å²) in [5.41, 5.74) is 1.84. The monoisotopic (exact) mass is 344 g/mol. The maximum absolute atomic E-state index is 12.2. The molecule has 0 bridgehead atoms. The predicted molar refractivity (Wildman–Crippen MR) is 93.2 cm³/mol. The maximum atomic E-state index is 12.2. The fourth-order valence-corrected chi connectivity index (χ4v) is 3.27. The van der Waals surface area contributed by atoms with Crippen LogP contribution in [0.1, 0.15) is 12.0 Å². The summed E-state index contributed by atoms with van der Waals surface area (Å²) in [6.45, 7) is 4.07. The molecular formula is C17H20N4O2S. The Morgan fingerprint density at radius 3 is 2.96 bits per heavy atom. The topological polar surface area (TPSA) is 76.1 Å². The quantitative estimate of drug-likeness (QED) is 0.810. The summed E-state index contributed by atoms with van der Waals surface area (Å²) < 4.78 is 5.37. The Morgan fingerprint density at radius 2 is 2.25 bits per heavy atom. The third-order valence-electron chi connectivity index (χ3n) is 3.65. The Hall–Kier alpha value is -1.96. The van der Waals surface area contributed by atoms with Gasteiger partial charge in [0.1, 0.15) is 0 Å². The van der Waals surface area contributed by atoms with E-state index < -0.39 is 0 Å². The van der Waals surface area contributed by atoms with E-state index in [2.05, 4.69) is 20.6 Å². The number of nitrogens with one attached hydrogen (secondary N) is 2. The van der Waals surface area contributed by atoms with E-state index in [9.17, 15) is 4.79 Å². The first kappa shape index (κ1) is 16.9. The maximum Gasteiger partial charge on any atom is 0.226 e. The van der Waals surface area contributed by atoms with Gasteiger partial charge in [-0.1, -0.05) is 0 Å². The molecule has 1 aromatic carbocycles. The van der Waals surface area contributed by atoms with Gasteiger partial charge < -0.3 is 15.4 Å². The number of rotatable bonds is 5. The first-order valence-corrected chi connectivity index (χ1v) is 8.69. The van der Waals surface area contributed by atoms with Crippen LogP contribution in [0, 0.1) is 6.92 Å². The number of aromatic nitrogens is 2. The van der Waals surface area contributed by atoms with Crippen LogP contribution in [0.3, 0.4) is 0 Å². The second-order valence-electron chi connectivity index (χ2n) is 5.59. The molecular weight excluding hydrogens is 324 g/mol. The van der Waals surface area contributed by atoms with Crippen molar-refractivity contribution < 1.29 is 9.53 Å². The number of ether oxygens (including phenoxy) is 1. The molecule has 2 aromatic rings. The van der Waals surface area contributed by atoms with Gasteiger partial charge in [0.25, 0.3) is 0 Å². The number of nitrogens with zero attached hydrogens (tertiary/aromatic N) is 2. The highest BCUT2D eigenvalue weighted by atomic mass is 32.2. The van der Waals surface area contributed by atoms with E-state index in [-0.39, 0.29) is 11.9 Å². The van der Waals surface area contributed by atoms with Gasteiger partial charge in [0.2, 0.25) is 5.91 Å². The van der Waals surface area contributed by atoms with Crippen LogP contribution in [0.4, 0.5) is 5.69 Å². The van der Waals surface area contributed by atoms with Gasteiger partial charge in [-0.3, -0.25) is 4.79 Å². The number of morpholine rings is 1. The van der Waals surface area contributed by atoms with Crippen LogP contribution in [-0.4, -0.2) is 41.7 Å². The van der Waals surface area contributed by atoms with Crippen molar-refractivity contribution in [1.82, 2.24) is 15.3 Å². The number of hydrogen-bond donors (Lipinski definition) is 2. The molecule has 1 aliphatic heterocycles. The second-order valence-corrected chi connectivity index (χ2v) is 6.63. The van der Waals surface area contributed by atoms with E-state index in [1.165, 1.54) is 11.8 Å². The molecule has 7 heteroatoms. The van der Waals surface area contributed by atoms with Gasteiger partial charge in [0, 0.05) is 42.0 Å². The van der Waals surface area contributed by atoms with Crippen molar-refractivity contribution in [2.24, 2.45) is 0 Å². The summed E-state index contributed by atoms with van der Waals surface area (Å²) in [6, 6.07) is 7.79. The largest absolute Gasteiger partial charge is 0.378 e. The summed E-state index contributed by atoms with van der Waals surface area (Å²) in [7, 11) is 0. The van der Waals surface area contributed by atoms with E-state index in [1.807, 2.05) is 25.1 Å². The van der Waals surface area contributed by atoms with Crippen LogP contribution >= 0.6 is 11.8 Å². The van der Waals surface area contributed by atoms with E-state index in [4.69, 9.17) is 4.74 Å². The van der Waals surface area contributed by atoms with E-state index >= 15 is 0 Å². The first-order chi connectivity index (χ1) is 11.7. The molecule has 0 radical (unpaired) electrons. The minimum absolute atomic E-state index is 0.00658. The van der Waals surface area contributed by atoms with Crippen molar-refractivity contribution in [3.05, 3.63) is 42.2 Å². The molecule has 1 aromatic heterocycles. The molecule has 126 valence electrons. The van der Waals surface area contributed by atoms with Crippen LogP contribution < -0.4 is 10.6 Å². The number of hydrogen-bond acceptors (Lipinski definition) is 6. The molecule has 6 nitrogen and oxygen atoms in total. The lowest BCUT2D eigenvalue weighted by Gasteiger charge is -2.23. The fraction of sp³-hybridized carbons (Fsp3) is 0.353. The number of aryl methyl sites for hydroxylation is 1. The number of amides is 1. The van der Waals surface area contributed by atoms with Crippen LogP contribution in [0.5, 0.6) is 0 Å². The summed E-state index contributed by atoms with van der Waals surface area (Å²) in [6.07, 6.45) is 3.85. The molecule has 0 aliphatic carbocycles. The van der Waals surface area contributed by atoms with E-state index in [0.717, 1.165) is 22.7 Å². The molecule has 1 unspecified atom stereocenters. The lowest BCUT2D eigenvalue weighted by Crippen LogP contribution is -2.43. The van der Waals surface area contributed by atoms with Crippen LogP contribution in [0.25, 0.3) is 0 Å². The SMILES string of the molecule is Cc1cc(Sc2ncccn2)ccc1NC(=O)CC1COCCN1. The molecule has 1 fully saturated rings. The van der Waals surface area contributed by atoms with Gasteiger partial charge in [0.05, 0.1) is 13.2 Å². The van der Waals surface area contributed by atoms with Gasteiger partial charge in [-0.2, -0.15) is 0 Å². The molecule has 1 atom stereocenters. The average Bonchev–Trinajstić information content (AvgIpc) is 2.59. The minimum atomic E-state index is -0.00658. The van der Waals surface area contributed by atoms with Crippen LogP contribution in [-0.2, 0) is 9.53 Å². The van der Waals surface area contributed by atoms with Crippen LogP contribution in [0.2, 0.25) is 0 Å². The van der Waals surface area contributed by atoms with Crippen molar-refractivity contribution in [2.45, 2.75) is 29.4 Å². The summed E-state index contributed by atoms with van der Waals surface area (Å²) in [5.74, 6) is -0.00658. The number of carbonyl (C=O) groups is 1. The van der Waals surface area contributed by atoms with E-state index in [1.54, 1.807) is 18.5 Å². The molecule has 2 heterocycles. The highest BCUT2D eigenvalue weighted by Gasteiger charge is 2.17. The first-order valence-electron chi connectivity index (χ1n) is 7.87. The average molecular weight is 344 g/mol. The lowest BCUT2D eigenvalue weighted by molar-refractivity contribution is -0.117. The van der Waals surface area contributed by atoms with Crippen molar-refractivity contribution in [1.29, 1.82) is 0 Å². The molecule has 1 saturated heterocycles. The smallest absolute Gasteiger partial charge is 0.226 e. The summed E-state index contributed by atoms with van der Waals surface area (Å²) in [4.78, 5) is 21.6. The van der Waals surface area contributed by atoms with Gasteiger partial charge in [-0.15, -0.1) is 0 Å². The number of benzene rings is 1. The number of anilines is 1. The van der Waals surface area contributed by atoms with E-state index in [0.29, 0.717) is 24.8 Å². The third kappa shape index (κ3) is 4.77. The molecule has 1 aliphatic rings. The fourth-order valence-electron chi connectivity index (χ4n) is 2.46. The third-order valence-corrected chi connectivity index (χ3v) is 4.54. The van der Waals surface area contributed by atoms with Gasteiger partial charge >= 0.3 is 0 Å². The predicted octanol–water partition coefficient (Wildman–Crippen LogP) is 2.25. The zero-order chi connectivity index (χ0) is 16.8. The Kier molecular flexibility index (Phi) is 5.79. The summed E-state index contributed by atoms with van der Waals surface area (Å²) in [5, 5.41) is 6.96. The molecule has 1 amide bonds. The lowest BCUT2D eigenvalue weighted by atomic mass is 10.1. The van der Waals surface area contributed by atoms with Gasteiger partial charge in [-0.05, 0) is 48.5 Å². The zero-order valence-electron chi connectivity index (χ0n) is 13.5. The molecule has 24 heavy (non-hydrogen) atoms. The Bertz CT molecular complexity index is 690. The molecule has 0 spiro atoms. The summed E-state index contributed by atoms with van der Waals surface area (Å²) >= 11 is 1.50. The normalized spacial score (nSPS) is 17.5. The molecule has 2 N–H and O–H groups in total. The Balaban J connectivity index is 1.59. The Morgan fingerprint density at radius 1 is 1.42 bits per heavy atom. The van der Waals surface area contributed by atoms with Crippen molar-refractivity contribution >= 4 is 23.4 Å². The van der Waals surface area contributed by atoms with Crippen molar-refractivity contribution in [3.63, 3.8) is 0 Å². The highest BCUT2D eigenvalue weighted by Crippen LogP contribution is 2.27.